The van der Waals surface area contributed by atoms with Crippen molar-refractivity contribution < 1.29 is 14.3 Å². The number of esters is 1. The molecule has 1 fully saturated rings. The first-order valence-electron chi connectivity index (χ1n) is 6.80. The Kier molecular flexibility index (Phi) is 4.93. The lowest BCUT2D eigenvalue weighted by atomic mass is 10.1. The molecule has 1 atom stereocenters. The van der Waals surface area contributed by atoms with Crippen molar-refractivity contribution in [3.8, 4) is 0 Å². The predicted molar refractivity (Wildman–Crippen MR) is 76.8 cm³/mol. The zero-order valence-electron chi connectivity index (χ0n) is 11.5. The molecule has 20 heavy (non-hydrogen) atoms. The van der Waals surface area contributed by atoms with E-state index in [1.165, 1.54) is 7.11 Å². The predicted octanol–water partition coefficient (Wildman–Crippen LogP) is 2.16. The Hall–Kier alpha value is -2.10. The molecule has 0 unspecified atom stereocenters. The lowest BCUT2D eigenvalue weighted by Crippen LogP contribution is -2.41. The number of ether oxygens (including phenoxy) is 1. The van der Waals surface area contributed by atoms with Gasteiger partial charge in [0.25, 0.3) is 0 Å². The Bertz CT molecular complexity index is 492. The Morgan fingerprint density at radius 1 is 1.35 bits per heavy atom. The molecule has 0 bridgehead atoms. The molecule has 1 aromatic carbocycles. The van der Waals surface area contributed by atoms with E-state index in [9.17, 15) is 9.59 Å². The number of carbonyl (C=O) groups is 2. The second-order valence-corrected chi connectivity index (χ2v) is 4.91. The van der Waals surface area contributed by atoms with Crippen LogP contribution in [0.3, 0.4) is 0 Å². The van der Waals surface area contributed by atoms with Crippen LogP contribution in [0.15, 0.2) is 36.4 Å². The van der Waals surface area contributed by atoms with Gasteiger partial charge in [0.1, 0.15) is 6.04 Å². The van der Waals surface area contributed by atoms with Crippen molar-refractivity contribution in [1.82, 2.24) is 5.32 Å². The van der Waals surface area contributed by atoms with Gasteiger partial charge in [-0.15, -0.1) is 0 Å². The molecule has 0 spiro atoms. The van der Waals surface area contributed by atoms with E-state index in [1.54, 1.807) is 0 Å². The second kappa shape index (κ2) is 6.89. The van der Waals surface area contributed by atoms with Crippen LogP contribution in [0.2, 0.25) is 0 Å². The first-order chi connectivity index (χ1) is 9.70. The molecule has 1 saturated carbocycles. The minimum Gasteiger partial charge on any atom is -0.467 e. The third-order valence-corrected chi connectivity index (χ3v) is 3.23. The normalized spacial score (nSPS) is 15.8. The largest absolute Gasteiger partial charge is 0.467 e. The minimum absolute atomic E-state index is 0.0477. The van der Waals surface area contributed by atoms with Gasteiger partial charge in [-0.3, -0.25) is 4.79 Å². The van der Waals surface area contributed by atoms with Gasteiger partial charge < -0.3 is 10.1 Å². The highest BCUT2D eigenvalue weighted by Crippen LogP contribution is 2.29. The molecule has 0 radical (unpaired) electrons. The van der Waals surface area contributed by atoms with Crippen LogP contribution in [-0.4, -0.2) is 25.0 Å². The van der Waals surface area contributed by atoms with Gasteiger partial charge in [0.15, 0.2) is 0 Å². The number of methoxy groups -OCH3 is 1. The van der Waals surface area contributed by atoms with Crippen molar-refractivity contribution in [2.45, 2.75) is 25.3 Å². The fourth-order valence-corrected chi connectivity index (χ4v) is 1.90. The molecule has 1 N–H and O–H groups in total. The average Bonchev–Trinajstić information content (AvgIpc) is 3.31. The van der Waals surface area contributed by atoms with Gasteiger partial charge >= 0.3 is 5.97 Å². The SMILES string of the molecule is COC(=O)[C@@H](C/C=C/c1ccccc1)NC(=O)C1CC1. The topological polar surface area (TPSA) is 55.4 Å². The highest BCUT2D eigenvalue weighted by atomic mass is 16.5. The molecule has 0 aromatic heterocycles. The molecule has 0 aliphatic heterocycles. The number of carbonyl (C=O) groups excluding carboxylic acids is 2. The van der Waals surface area contributed by atoms with Crippen molar-refractivity contribution in [2.24, 2.45) is 5.92 Å². The maximum atomic E-state index is 11.7. The second-order valence-electron chi connectivity index (χ2n) is 4.91. The number of rotatable bonds is 6. The van der Waals surface area contributed by atoms with Crippen LogP contribution in [-0.2, 0) is 14.3 Å². The van der Waals surface area contributed by atoms with Gasteiger partial charge in [-0.25, -0.2) is 4.79 Å². The van der Waals surface area contributed by atoms with Gasteiger partial charge in [-0.05, 0) is 24.8 Å². The van der Waals surface area contributed by atoms with E-state index in [0.717, 1.165) is 18.4 Å². The Balaban J connectivity index is 1.91. The standard InChI is InChI=1S/C16H19NO3/c1-20-16(19)14(17-15(18)13-10-11-13)9-5-8-12-6-3-2-4-7-12/h2-8,13-14H,9-11H2,1H3,(H,17,18)/b8-5+/t14-/m1/s1. The third-order valence-electron chi connectivity index (χ3n) is 3.23. The summed E-state index contributed by atoms with van der Waals surface area (Å²) in [6.45, 7) is 0. The molecule has 0 heterocycles. The molecule has 2 rings (SSSR count). The average molecular weight is 273 g/mol. The van der Waals surface area contributed by atoms with Gasteiger partial charge in [-0.1, -0.05) is 42.5 Å². The third kappa shape index (κ3) is 4.23. The molecule has 4 heteroatoms. The number of nitrogens with one attached hydrogen (secondary N) is 1. The maximum Gasteiger partial charge on any atom is 0.328 e. The maximum absolute atomic E-state index is 11.7. The van der Waals surface area contributed by atoms with E-state index in [-0.39, 0.29) is 11.8 Å². The highest BCUT2D eigenvalue weighted by Gasteiger charge is 2.32. The zero-order valence-corrected chi connectivity index (χ0v) is 11.5. The van der Waals surface area contributed by atoms with Crippen molar-refractivity contribution >= 4 is 18.0 Å². The van der Waals surface area contributed by atoms with Crippen LogP contribution < -0.4 is 5.32 Å². The number of benzene rings is 1. The fraction of sp³-hybridized carbons (Fsp3) is 0.375. The molecule has 1 amide bonds. The van der Waals surface area contributed by atoms with Crippen molar-refractivity contribution in [3.63, 3.8) is 0 Å². The summed E-state index contributed by atoms with van der Waals surface area (Å²) in [7, 11) is 1.33. The van der Waals surface area contributed by atoms with Crippen molar-refractivity contribution in [1.29, 1.82) is 0 Å². The molecular weight excluding hydrogens is 254 g/mol. The molecule has 4 nitrogen and oxygen atoms in total. The van der Waals surface area contributed by atoms with Gasteiger partial charge in [0.05, 0.1) is 7.11 Å². The van der Waals surface area contributed by atoms with Crippen molar-refractivity contribution in [3.05, 3.63) is 42.0 Å². The molecule has 0 saturated heterocycles. The number of hydrogen-bond donors (Lipinski definition) is 1. The van der Waals surface area contributed by atoms with Crippen LogP contribution in [0.5, 0.6) is 0 Å². The molecule has 1 aromatic rings. The summed E-state index contributed by atoms with van der Waals surface area (Å²) in [5.41, 5.74) is 1.06. The zero-order chi connectivity index (χ0) is 14.4. The van der Waals surface area contributed by atoms with E-state index in [1.807, 2.05) is 42.5 Å². The van der Waals surface area contributed by atoms with Gasteiger partial charge in [-0.2, -0.15) is 0 Å². The summed E-state index contributed by atoms with van der Waals surface area (Å²) in [5, 5.41) is 2.75. The summed E-state index contributed by atoms with van der Waals surface area (Å²) < 4.78 is 4.73. The fourth-order valence-electron chi connectivity index (χ4n) is 1.90. The van der Waals surface area contributed by atoms with E-state index < -0.39 is 12.0 Å². The first kappa shape index (κ1) is 14.3. The molecule has 106 valence electrons. The summed E-state index contributed by atoms with van der Waals surface area (Å²) in [6, 6.07) is 9.20. The minimum atomic E-state index is -0.604. The lowest BCUT2D eigenvalue weighted by molar-refractivity contribution is -0.145. The van der Waals surface area contributed by atoms with Crippen LogP contribution in [0, 0.1) is 5.92 Å². The monoisotopic (exact) mass is 273 g/mol. The van der Waals surface area contributed by atoms with Crippen LogP contribution in [0.25, 0.3) is 6.08 Å². The van der Waals surface area contributed by atoms with E-state index >= 15 is 0 Å². The summed E-state index contributed by atoms with van der Waals surface area (Å²) >= 11 is 0. The quantitative estimate of drug-likeness (QED) is 0.808. The van der Waals surface area contributed by atoms with Crippen LogP contribution >= 0.6 is 0 Å². The Morgan fingerprint density at radius 3 is 2.65 bits per heavy atom. The summed E-state index contributed by atoms with van der Waals surface area (Å²) in [4.78, 5) is 23.4. The molecule has 1 aliphatic rings. The Morgan fingerprint density at radius 2 is 2.05 bits per heavy atom. The Labute approximate surface area is 118 Å². The smallest absolute Gasteiger partial charge is 0.328 e. The summed E-state index contributed by atoms with van der Waals surface area (Å²) in [5.74, 6) is -0.370. The molecular formula is C16H19NO3. The summed E-state index contributed by atoms with van der Waals surface area (Å²) in [6.07, 6.45) is 6.07. The van der Waals surface area contributed by atoms with E-state index in [2.05, 4.69) is 5.32 Å². The van der Waals surface area contributed by atoms with Crippen LogP contribution in [0.4, 0.5) is 0 Å². The highest BCUT2D eigenvalue weighted by molar-refractivity contribution is 5.87. The van der Waals surface area contributed by atoms with Gasteiger partial charge in [0, 0.05) is 5.92 Å². The first-order valence-corrected chi connectivity index (χ1v) is 6.80. The van der Waals surface area contributed by atoms with Crippen LogP contribution in [0.1, 0.15) is 24.8 Å². The number of hydrogen-bond acceptors (Lipinski definition) is 3. The molecule has 1 aliphatic carbocycles. The van der Waals surface area contributed by atoms with Crippen molar-refractivity contribution in [2.75, 3.05) is 7.11 Å². The van der Waals surface area contributed by atoms with E-state index in [4.69, 9.17) is 4.74 Å². The lowest BCUT2D eigenvalue weighted by Gasteiger charge is -2.14. The number of amides is 1. The van der Waals surface area contributed by atoms with E-state index in [0.29, 0.717) is 6.42 Å². The van der Waals surface area contributed by atoms with Gasteiger partial charge in [0.2, 0.25) is 5.91 Å².